The molecule has 28 heavy (non-hydrogen) atoms. The molecule has 4 nitrogen and oxygen atoms in total. The molecule has 0 aliphatic heterocycles. The maximum Gasteiger partial charge on any atom is 0.200 e. The maximum absolute atomic E-state index is 6.39. The molecule has 0 fully saturated rings. The number of aromatic nitrogens is 1. The van der Waals surface area contributed by atoms with Gasteiger partial charge in [0.15, 0.2) is 11.2 Å². The molecule has 3 aromatic carbocycles. The molecule has 0 saturated heterocycles. The van der Waals surface area contributed by atoms with E-state index in [1.54, 1.807) is 0 Å². The van der Waals surface area contributed by atoms with Crippen LogP contribution in [0, 0.1) is 0 Å². The minimum atomic E-state index is 0.831. The summed E-state index contributed by atoms with van der Waals surface area (Å²) in [5.74, 6) is 0. The highest BCUT2D eigenvalue weighted by molar-refractivity contribution is 6.04. The number of rotatable bonds is 5. The number of benzene rings is 3. The number of nitrogens with zero attached hydrogens (tertiary/aromatic N) is 3. The zero-order valence-corrected chi connectivity index (χ0v) is 17.2. The first kappa shape index (κ1) is 18.5. The Bertz CT molecular complexity index is 1210. The maximum atomic E-state index is 6.39. The molecule has 0 atom stereocenters. The van der Waals surface area contributed by atoms with Crippen LogP contribution in [0.25, 0.3) is 33.0 Å². The van der Waals surface area contributed by atoms with Crippen LogP contribution in [0.4, 0.5) is 5.69 Å². The second kappa shape index (κ2) is 7.63. The van der Waals surface area contributed by atoms with Crippen LogP contribution in [0.1, 0.15) is 27.7 Å². The fourth-order valence-electron chi connectivity index (χ4n) is 3.96. The number of anilines is 1. The van der Waals surface area contributed by atoms with Crippen molar-refractivity contribution in [2.45, 2.75) is 27.7 Å². The third kappa shape index (κ3) is 3.13. The first-order chi connectivity index (χ1) is 13.7. The molecule has 0 aliphatic rings. The van der Waals surface area contributed by atoms with Crippen LogP contribution in [0.15, 0.2) is 52.9 Å². The second-order valence-corrected chi connectivity index (χ2v) is 7.03. The first-order valence-corrected chi connectivity index (χ1v) is 10.3. The third-order valence-corrected chi connectivity index (χ3v) is 5.59. The van der Waals surface area contributed by atoms with Crippen molar-refractivity contribution in [1.82, 2.24) is 9.56 Å². The summed E-state index contributed by atoms with van der Waals surface area (Å²) in [6, 6.07) is 17.1. The van der Waals surface area contributed by atoms with Crippen LogP contribution in [0.2, 0.25) is 0 Å². The molecule has 0 aliphatic carbocycles. The SMILES string of the molecule is CCN(CC)c1ccc2nc3ccc4cc(=[N+](CC)CC)ccc4c3oc2c1. The van der Waals surface area contributed by atoms with Gasteiger partial charge in [0.05, 0.1) is 0 Å². The van der Waals surface area contributed by atoms with Gasteiger partial charge in [-0.2, -0.15) is 0 Å². The van der Waals surface area contributed by atoms with Gasteiger partial charge >= 0.3 is 0 Å². The highest BCUT2D eigenvalue weighted by atomic mass is 16.3. The van der Waals surface area contributed by atoms with E-state index < -0.39 is 0 Å². The number of hydrogen-bond acceptors (Lipinski definition) is 3. The lowest BCUT2D eigenvalue weighted by Gasteiger charge is -2.21. The summed E-state index contributed by atoms with van der Waals surface area (Å²) in [5.41, 5.74) is 4.64. The van der Waals surface area contributed by atoms with Crippen molar-refractivity contribution in [2.75, 3.05) is 31.1 Å². The summed E-state index contributed by atoms with van der Waals surface area (Å²) in [6.45, 7) is 12.7. The third-order valence-electron chi connectivity index (χ3n) is 5.59. The Morgan fingerprint density at radius 3 is 2.32 bits per heavy atom. The molecule has 1 aromatic heterocycles. The van der Waals surface area contributed by atoms with Crippen molar-refractivity contribution in [2.24, 2.45) is 0 Å². The van der Waals surface area contributed by atoms with E-state index in [1.165, 1.54) is 16.4 Å². The average Bonchev–Trinajstić information content (AvgIpc) is 2.74. The minimum Gasteiger partial charge on any atom is -0.452 e. The Hall–Kier alpha value is -2.88. The molecular formula is C24H28N3O+. The molecule has 0 unspecified atom stereocenters. The van der Waals surface area contributed by atoms with Crippen LogP contribution >= 0.6 is 0 Å². The van der Waals surface area contributed by atoms with Crippen LogP contribution in [0.5, 0.6) is 0 Å². The molecule has 0 saturated carbocycles. The van der Waals surface area contributed by atoms with Gasteiger partial charge in [0.25, 0.3) is 0 Å². The van der Waals surface area contributed by atoms with Gasteiger partial charge in [-0.3, -0.25) is 0 Å². The van der Waals surface area contributed by atoms with E-state index in [1.807, 2.05) is 0 Å². The fraction of sp³-hybridized carbons (Fsp3) is 0.333. The molecule has 0 amide bonds. The van der Waals surface area contributed by atoms with E-state index in [0.29, 0.717) is 0 Å². The van der Waals surface area contributed by atoms with Gasteiger partial charge in [0.1, 0.15) is 24.1 Å². The predicted molar refractivity (Wildman–Crippen MR) is 119 cm³/mol. The monoisotopic (exact) mass is 374 g/mol. The lowest BCUT2D eigenvalue weighted by molar-refractivity contribution is 0.627. The van der Waals surface area contributed by atoms with Crippen LogP contribution in [0.3, 0.4) is 0 Å². The summed E-state index contributed by atoms with van der Waals surface area (Å²) < 4.78 is 8.75. The smallest absolute Gasteiger partial charge is 0.200 e. The zero-order valence-electron chi connectivity index (χ0n) is 17.2. The predicted octanol–water partition coefficient (Wildman–Crippen LogP) is 4.79. The van der Waals surface area contributed by atoms with E-state index in [9.17, 15) is 0 Å². The van der Waals surface area contributed by atoms with E-state index in [2.05, 4.69) is 85.7 Å². The normalized spacial score (nSPS) is 11.4. The average molecular weight is 375 g/mol. The molecule has 1 heterocycles. The van der Waals surface area contributed by atoms with Crippen molar-refractivity contribution >= 4 is 38.7 Å². The van der Waals surface area contributed by atoms with E-state index in [-0.39, 0.29) is 0 Å². The van der Waals surface area contributed by atoms with Gasteiger partial charge < -0.3 is 9.32 Å². The summed E-state index contributed by atoms with van der Waals surface area (Å²) in [7, 11) is 0. The standard InChI is InChI=1S/C24H28N3O/c1-5-26(6-2)18-10-12-20-17(15-18)9-13-22-24(20)28-23-16-19(27(7-3)8-4)11-14-21(23)25-22/h9-16H,5-8H2,1-4H3/q+1. The van der Waals surface area contributed by atoms with Crippen molar-refractivity contribution < 1.29 is 4.42 Å². The molecule has 0 radical (unpaired) electrons. The Morgan fingerprint density at radius 1 is 0.857 bits per heavy atom. The van der Waals surface area contributed by atoms with Gasteiger partial charge in [0.2, 0.25) is 5.36 Å². The van der Waals surface area contributed by atoms with E-state index >= 15 is 0 Å². The van der Waals surface area contributed by atoms with Crippen LogP contribution in [-0.4, -0.2) is 31.2 Å². The molecule has 0 bridgehead atoms. The van der Waals surface area contributed by atoms with Crippen molar-refractivity contribution in [3.05, 3.63) is 53.9 Å². The Morgan fingerprint density at radius 2 is 1.61 bits per heavy atom. The molecule has 4 heteroatoms. The van der Waals surface area contributed by atoms with Crippen LogP contribution in [-0.2, 0) is 0 Å². The molecular weight excluding hydrogens is 346 g/mol. The topological polar surface area (TPSA) is 32.3 Å². The molecule has 4 rings (SSSR count). The number of hydrogen-bond donors (Lipinski definition) is 0. The highest BCUT2D eigenvalue weighted by Gasteiger charge is 2.10. The molecule has 0 N–H and O–H groups in total. The molecule has 4 aromatic rings. The largest absolute Gasteiger partial charge is 0.452 e. The van der Waals surface area contributed by atoms with Gasteiger partial charge in [-0.1, -0.05) is 6.07 Å². The minimum absolute atomic E-state index is 0.831. The Kier molecular flexibility index (Phi) is 5.03. The number of fused-ring (bicyclic) bond motifs is 4. The lowest BCUT2D eigenvalue weighted by Crippen LogP contribution is -2.29. The van der Waals surface area contributed by atoms with E-state index in [0.717, 1.165) is 53.8 Å². The summed E-state index contributed by atoms with van der Waals surface area (Å²) >= 11 is 0. The zero-order chi connectivity index (χ0) is 19.7. The Balaban J connectivity index is 1.96. The second-order valence-electron chi connectivity index (χ2n) is 7.03. The molecule has 144 valence electrons. The summed E-state index contributed by atoms with van der Waals surface area (Å²) in [4.78, 5) is 7.17. The van der Waals surface area contributed by atoms with Gasteiger partial charge in [-0.15, -0.1) is 0 Å². The van der Waals surface area contributed by atoms with Crippen molar-refractivity contribution in [3.8, 4) is 0 Å². The van der Waals surface area contributed by atoms with E-state index in [4.69, 9.17) is 9.40 Å². The lowest BCUT2D eigenvalue weighted by atomic mass is 10.1. The summed E-state index contributed by atoms with van der Waals surface area (Å²) in [6.07, 6.45) is 0. The van der Waals surface area contributed by atoms with Crippen LogP contribution < -0.4 is 14.8 Å². The quantitative estimate of drug-likeness (QED) is 0.286. The molecule has 0 spiro atoms. The fourth-order valence-corrected chi connectivity index (χ4v) is 3.96. The van der Waals surface area contributed by atoms with Crippen molar-refractivity contribution in [3.63, 3.8) is 0 Å². The van der Waals surface area contributed by atoms with Gasteiger partial charge in [-0.25, -0.2) is 9.56 Å². The van der Waals surface area contributed by atoms with Gasteiger partial charge in [0, 0.05) is 42.4 Å². The Labute approximate surface area is 165 Å². The van der Waals surface area contributed by atoms with Gasteiger partial charge in [-0.05, 0) is 57.3 Å². The highest BCUT2D eigenvalue weighted by Crippen LogP contribution is 2.28. The van der Waals surface area contributed by atoms with Crippen molar-refractivity contribution in [1.29, 1.82) is 0 Å². The first-order valence-electron chi connectivity index (χ1n) is 10.3. The summed E-state index contributed by atoms with van der Waals surface area (Å²) in [5, 5.41) is 3.53.